The van der Waals surface area contributed by atoms with Gasteiger partial charge in [0.2, 0.25) is 5.91 Å². The number of hydrogen-bond acceptors (Lipinski definition) is 4. The summed E-state index contributed by atoms with van der Waals surface area (Å²) < 4.78 is 16.0. The van der Waals surface area contributed by atoms with E-state index in [1.807, 2.05) is 6.20 Å². The van der Waals surface area contributed by atoms with Crippen molar-refractivity contribution in [2.24, 2.45) is 0 Å². The molecule has 0 bridgehead atoms. The van der Waals surface area contributed by atoms with Gasteiger partial charge in [0.25, 0.3) is 5.91 Å². The van der Waals surface area contributed by atoms with Crippen LogP contribution in [-0.4, -0.2) is 31.6 Å². The van der Waals surface area contributed by atoms with Crippen LogP contribution in [0.1, 0.15) is 34.0 Å². The average molecular weight is 455 g/mol. The SMILES string of the molecule is CC(=O)NCc1cnn(Cc2cncc(C(=O)NCc3cc4c(Cl)c[nH]c4cc3F)c2)c1. The van der Waals surface area contributed by atoms with Gasteiger partial charge in [-0.2, -0.15) is 5.10 Å². The van der Waals surface area contributed by atoms with Crippen molar-refractivity contribution in [3.05, 3.63) is 82.3 Å². The average Bonchev–Trinajstić information content (AvgIpc) is 3.36. The van der Waals surface area contributed by atoms with Crippen LogP contribution in [-0.2, 0) is 24.4 Å². The number of pyridine rings is 1. The Morgan fingerprint density at radius 2 is 1.97 bits per heavy atom. The van der Waals surface area contributed by atoms with E-state index in [4.69, 9.17) is 11.6 Å². The number of H-pyrrole nitrogens is 1. The Hall–Kier alpha value is -3.72. The number of halogens is 2. The standard InChI is InChI=1S/C22H20ClFN6O2/c1-13(31)26-6-15-7-29-30(12-15)11-14-2-17(8-25-5-14)22(32)28-9-16-3-18-19(23)10-27-21(18)4-20(16)24/h2-5,7-8,10,12,27H,6,9,11H2,1H3,(H,26,31)(H,28,32). The third kappa shape index (κ3) is 4.94. The molecule has 1 aromatic carbocycles. The molecule has 164 valence electrons. The predicted molar refractivity (Wildman–Crippen MR) is 118 cm³/mol. The highest BCUT2D eigenvalue weighted by atomic mass is 35.5. The lowest BCUT2D eigenvalue weighted by Crippen LogP contribution is -2.23. The minimum absolute atomic E-state index is 0.0119. The van der Waals surface area contributed by atoms with Gasteiger partial charge in [-0.25, -0.2) is 4.39 Å². The summed E-state index contributed by atoms with van der Waals surface area (Å²) in [6, 6.07) is 4.68. The highest BCUT2D eigenvalue weighted by molar-refractivity contribution is 6.35. The molecule has 0 saturated heterocycles. The molecule has 10 heteroatoms. The number of carbonyl (C=O) groups is 2. The molecule has 0 unspecified atom stereocenters. The summed E-state index contributed by atoms with van der Waals surface area (Å²) in [5, 5.41) is 10.9. The molecule has 0 spiro atoms. The second kappa shape index (κ2) is 9.19. The summed E-state index contributed by atoms with van der Waals surface area (Å²) in [4.78, 5) is 30.7. The van der Waals surface area contributed by atoms with Gasteiger partial charge in [-0.05, 0) is 23.8 Å². The minimum atomic E-state index is -0.433. The van der Waals surface area contributed by atoms with Crippen molar-refractivity contribution >= 4 is 34.3 Å². The summed E-state index contributed by atoms with van der Waals surface area (Å²) in [7, 11) is 0. The molecule has 3 N–H and O–H groups in total. The van der Waals surface area contributed by atoms with Crippen molar-refractivity contribution in [3.63, 3.8) is 0 Å². The highest BCUT2D eigenvalue weighted by Crippen LogP contribution is 2.25. The molecule has 0 aliphatic rings. The van der Waals surface area contributed by atoms with E-state index in [0.717, 1.165) is 11.1 Å². The molecular formula is C22H20ClFN6O2. The quantitative estimate of drug-likeness (QED) is 0.399. The fourth-order valence-corrected chi connectivity index (χ4v) is 3.47. The lowest BCUT2D eigenvalue weighted by Gasteiger charge is -2.08. The number of rotatable bonds is 7. The van der Waals surface area contributed by atoms with Crippen LogP contribution in [0.15, 0.2) is 49.2 Å². The second-order valence-corrected chi connectivity index (χ2v) is 7.75. The van der Waals surface area contributed by atoms with Crippen LogP contribution in [0.3, 0.4) is 0 Å². The number of aromatic amines is 1. The van der Waals surface area contributed by atoms with Gasteiger partial charge in [-0.1, -0.05) is 11.6 Å². The summed E-state index contributed by atoms with van der Waals surface area (Å²) in [6.45, 7) is 2.27. The molecule has 2 amide bonds. The van der Waals surface area contributed by atoms with E-state index in [0.29, 0.717) is 40.1 Å². The molecule has 0 saturated carbocycles. The highest BCUT2D eigenvalue weighted by Gasteiger charge is 2.12. The lowest BCUT2D eigenvalue weighted by molar-refractivity contribution is -0.119. The fraction of sp³-hybridized carbons (Fsp3) is 0.182. The first-order chi connectivity index (χ1) is 15.4. The maximum atomic E-state index is 14.3. The summed E-state index contributed by atoms with van der Waals surface area (Å²) in [6.07, 6.45) is 8.17. The number of aromatic nitrogens is 4. The molecular weight excluding hydrogens is 435 g/mol. The van der Waals surface area contributed by atoms with Gasteiger partial charge < -0.3 is 15.6 Å². The van der Waals surface area contributed by atoms with Crippen molar-refractivity contribution in [1.29, 1.82) is 0 Å². The largest absolute Gasteiger partial charge is 0.360 e. The fourth-order valence-electron chi connectivity index (χ4n) is 3.26. The van der Waals surface area contributed by atoms with E-state index in [-0.39, 0.29) is 18.4 Å². The number of nitrogens with one attached hydrogen (secondary N) is 3. The van der Waals surface area contributed by atoms with E-state index in [9.17, 15) is 14.0 Å². The Morgan fingerprint density at radius 3 is 2.78 bits per heavy atom. The number of hydrogen-bond donors (Lipinski definition) is 3. The van der Waals surface area contributed by atoms with Gasteiger partial charge in [-0.3, -0.25) is 19.3 Å². The maximum absolute atomic E-state index is 14.3. The van der Waals surface area contributed by atoms with Crippen LogP contribution in [0.4, 0.5) is 4.39 Å². The van der Waals surface area contributed by atoms with Crippen LogP contribution in [0.2, 0.25) is 5.02 Å². The molecule has 0 atom stereocenters. The Labute approximate surface area is 187 Å². The first-order valence-corrected chi connectivity index (χ1v) is 10.2. The summed E-state index contributed by atoms with van der Waals surface area (Å²) in [5.74, 6) is -0.917. The molecule has 0 radical (unpaired) electrons. The third-order valence-electron chi connectivity index (χ3n) is 4.87. The summed E-state index contributed by atoms with van der Waals surface area (Å²) >= 11 is 6.10. The van der Waals surface area contributed by atoms with Crippen molar-refractivity contribution in [2.45, 2.75) is 26.6 Å². The minimum Gasteiger partial charge on any atom is -0.360 e. The number of carbonyl (C=O) groups excluding carboxylic acids is 2. The van der Waals surface area contributed by atoms with Crippen LogP contribution in [0.5, 0.6) is 0 Å². The first-order valence-electron chi connectivity index (χ1n) is 9.82. The van der Waals surface area contributed by atoms with Gasteiger partial charge in [-0.15, -0.1) is 0 Å². The van der Waals surface area contributed by atoms with Crippen molar-refractivity contribution in [2.75, 3.05) is 0 Å². The molecule has 4 aromatic rings. The smallest absolute Gasteiger partial charge is 0.253 e. The monoisotopic (exact) mass is 454 g/mol. The van der Waals surface area contributed by atoms with Crippen molar-refractivity contribution < 1.29 is 14.0 Å². The van der Waals surface area contributed by atoms with Gasteiger partial charge in [0.1, 0.15) is 5.82 Å². The molecule has 3 aromatic heterocycles. The van der Waals surface area contributed by atoms with Crippen LogP contribution in [0, 0.1) is 5.82 Å². The topological polar surface area (TPSA) is 105 Å². The number of amides is 2. The van der Waals surface area contributed by atoms with Gasteiger partial charge in [0.15, 0.2) is 0 Å². The first kappa shape index (κ1) is 21.5. The number of fused-ring (bicyclic) bond motifs is 1. The van der Waals surface area contributed by atoms with E-state index in [1.165, 1.54) is 19.2 Å². The van der Waals surface area contributed by atoms with Crippen LogP contribution in [0.25, 0.3) is 10.9 Å². The number of nitrogens with zero attached hydrogens (tertiary/aromatic N) is 3. The zero-order valence-electron chi connectivity index (χ0n) is 17.2. The summed E-state index contributed by atoms with van der Waals surface area (Å²) in [5.41, 5.74) is 2.93. The van der Waals surface area contributed by atoms with Gasteiger partial charge in [0, 0.05) is 66.8 Å². The number of benzene rings is 1. The van der Waals surface area contributed by atoms with Gasteiger partial charge in [0.05, 0.1) is 23.3 Å². The maximum Gasteiger partial charge on any atom is 0.253 e. The predicted octanol–water partition coefficient (Wildman–Crippen LogP) is 3.17. The van der Waals surface area contributed by atoms with Gasteiger partial charge >= 0.3 is 0 Å². The zero-order chi connectivity index (χ0) is 22.7. The van der Waals surface area contributed by atoms with Crippen LogP contribution >= 0.6 is 11.6 Å². The Balaban J connectivity index is 1.41. The molecule has 0 aliphatic carbocycles. The normalized spacial score (nSPS) is 11.0. The van der Waals surface area contributed by atoms with Crippen LogP contribution < -0.4 is 10.6 Å². The van der Waals surface area contributed by atoms with Crippen molar-refractivity contribution in [1.82, 2.24) is 30.4 Å². The second-order valence-electron chi connectivity index (χ2n) is 7.35. The van der Waals surface area contributed by atoms with Crippen molar-refractivity contribution in [3.8, 4) is 0 Å². The Morgan fingerprint density at radius 1 is 1.12 bits per heavy atom. The molecule has 0 aliphatic heterocycles. The van der Waals surface area contributed by atoms with E-state index in [2.05, 4.69) is 25.7 Å². The Bertz CT molecular complexity index is 1300. The van der Waals surface area contributed by atoms with E-state index >= 15 is 0 Å². The lowest BCUT2D eigenvalue weighted by atomic mass is 10.1. The van der Waals surface area contributed by atoms with E-state index in [1.54, 1.807) is 35.4 Å². The van der Waals surface area contributed by atoms with E-state index < -0.39 is 5.82 Å². The molecule has 8 nitrogen and oxygen atoms in total. The molecule has 4 rings (SSSR count). The molecule has 32 heavy (non-hydrogen) atoms. The zero-order valence-corrected chi connectivity index (χ0v) is 17.9. The molecule has 3 heterocycles. The molecule has 0 fully saturated rings. The Kier molecular flexibility index (Phi) is 6.18. The third-order valence-corrected chi connectivity index (χ3v) is 5.18.